The molecule has 0 radical (unpaired) electrons. The standard InChI is InChI=1S/C10H17NO4/c1-3-5-7(6-9(13)14)11-10(15)8(12)4-2/h7H,3-6H2,1-2H3,(H,11,15)(H,13,14)/t7-/m0/s1. The van der Waals surface area contributed by atoms with E-state index in [1.54, 1.807) is 6.92 Å². The van der Waals surface area contributed by atoms with Crippen molar-refractivity contribution in [1.82, 2.24) is 5.32 Å². The second kappa shape index (κ2) is 6.98. The van der Waals surface area contributed by atoms with Crippen molar-refractivity contribution >= 4 is 17.7 Å². The lowest BCUT2D eigenvalue weighted by atomic mass is 10.1. The van der Waals surface area contributed by atoms with Crippen LogP contribution in [0.3, 0.4) is 0 Å². The molecule has 86 valence electrons. The molecule has 15 heavy (non-hydrogen) atoms. The van der Waals surface area contributed by atoms with E-state index in [1.807, 2.05) is 6.92 Å². The highest BCUT2D eigenvalue weighted by Gasteiger charge is 2.18. The number of Topliss-reactive ketones (excluding diaryl/α,β-unsaturated/α-hetero) is 1. The molecule has 0 aromatic rings. The van der Waals surface area contributed by atoms with Gasteiger partial charge in [-0.15, -0.1) is 0 Å². The minimum Gasteiger partial charge on any atom is -0.481 e. The maximum Gasteiger partial charge on any atom is 0.305 e. The zero-order valence-corrected chi connectivity index (χ0v) is 9.08. The zero-order valence-electron chi connectivity index (χ0n) is 9.08. The molecule has 2 N–H and O–H groups in total. The monoisotopic (exact) mass is 215 g/mol. The third kappa shape index (κ3) is 5.83. The van der Waals surface area contributed by atoms with Gasteiger partial charge in [0.05, 0.1) is 6.42 Å². The number of nitrogens with one attached hydrogen (secondary N) is 1. The number of hydrogen-bond acceptors (Lipinski definition) is 3. The van der Waals surface area contributed by atoms with Crippen LogP contribution in [0, 0.1) is 0 Å². The Morgan fingerprint density at radius 2 is 1.87 bits per heavy atom. The maximum atomic E-state index is 11.2. The number of aliphatic carboxylic acids is 1. The lowest BCUT2D eigenvalue weighted by Crippen LogP contribution is -2.40. The van der Waals surface area contributed by atoms with Crippen molar-refractivity contribution in [2.75, 3.05) is 0 Å². The van der Waals surface area contributed by atoms with E-state index in [-0.39, 0.29) is 12.8 Å². The normalized spacial score (nSPS) is 11.9. The summed E-state index contributed by atoms with van der Waals surface area (Å²) in [7, 11) is 0. The Kier molecular flexibility index (Phi) is 6.33. The van der Waals surface area contributed by atoms with Gasteiger partial charge >= 0.3 is 5.97 Å². The van der Waals surface area contributed by atoms with Gasteiger partial charge in [-0.25, -0.2) is 0 Å². The van der Waals surface area contributed by atoms with Crippen LogP contribution in [-0.4, -0.2) is 28.8 Å². The van der Waals surface area contributed by atoms with Crippen LogP contribution in [0.25, 0.3) is 0 Å². The number of ketones is 1. The van der Waals surface area contributed by atoms with E-state index in [9.17, 15) is 14.4 Å². The molecule has 1 atom stereocenters. The minimum atomic E-state index is -0.974. The predicted molar refractivity (Wildman–Crippen MR) is 54.4 cm³/mol. The second-order valence-corrected chi connectivity index (χ2v) is 3.33. The van der Waals surface area contributed by atoms with Gasteiger partial charge in [0.15, 0.2) is 0 Å². The Morgan fingerprint density at radius 3 is 2.27 bits per heavy atom. The molecule has 0 unspecified atom stereocenters. The molecule has 0 aliphatic carbocycles. The molecule has 0 aliphatic rings. The number of hydrogen-bond donors (Lipinski definition) is 2. The van der Waals surface area contributed by atoms with E-state index < -0.39 is 23.7 Å². The number of carbonyl (C=O) groups is 3. The number of carbonyl (C=O) groups excluding carboxylic acids is 2. The van der Waals surface area contributed by atoms with Crippen molar-refractivity contribution in [2.24, 2.45) is 0 Å². The fourth-order valence-electron chi connectivity index (χ4n) is 1.21. The fraction of sp³-hybridized carbons (Fsp3) is 0.700. The predicted octanol–water partition coefficient (Wildman–Crippen LogP) is 0.725. The number of carboxylic acid groups (broad SMARTS) is 1. The van der Waals surface area contributed by atoms with Gasteiger partial charge in [0.25, 0.3) is 5.91 Å². The Morgan fingerprint density at radius 1 is 1.27 bits per heavy atom. The summed E-state index contributed by atoms with van der Waals surface area (Å²) in [4.78, 5) is 32.6. The molecule has 0 aliphatic heterocycles. The van der Waals surface area contributed by atoms with Crippen molar-refractivity contribution in [3.8, 4) is 0 Å². The molecule has 5 nitrogen and oxygen atoms in total. The average molecular weight is 215 g/mol. The molecule has 0 aromatic carbocycles. The molecule has 0 saturated carbocycles. The molecule has 0 bridgehead atoms. The van der Waals surface area contributed by atoms with Gasteiger partial charge in [0.1, 0.15) is 0 Å². The van der Waals surface area contributed by atoms with Crippen LogP contribution < -0.4 is 5.32 Å². The fourth-order valence-corrected chi connectivity index (χ4v) is 1.21. The first-order valence-corrected chi connectivity index (χ1v) is 5.06. The summed E-state index contributed by atoms with van der Waals surface area (Å²) in [5, 5.41) is 11.0. The lowest BCUT2D eigenvalue weighted by Gasteiger charge is -2.14. The van der Waals surface area contributed by atoms with Crippen LogP contribution in [0.5, 0.6) is 0 Å². The minimum absolute atomic E-state index is 0.137. The molecule has 0 spiro atoms. The van der Waals surface area contributed by atoms with Crippen molar-refractivity contribution in [3.05, 3.63) is 0 Å². The topological polar surface area (TPSA) is 83.5 Å². The van der Waals surface area contributed by atoms with Crippen molar-refractivity contribution in [3.63, 3.8) is 0 Å². The second-order valence-electron chi connectivity index (χ2n) is 3.33. The molecular weight excluding hydrogens is 198 g/mol. The molecule has 0 aromatic heterocycles. The van der Waals surface area contributed by atoms with Gasteiger partial charge in [0.2, 0.25) is 5.78 Å². The highest BCUT2D eigenvalue weighted by molar-refractivity contribution is 6.36. The molecule has 0 saturated heterocycles. The van der Waals surface area contributed by atoms with Crippen LogP contribution >= 0.6 is 0 Å². The third-order valence-corrected chi connectivity index (χ3v) is 1.97. The Bertz CT molecular complexity index is 250. The number of rotatable bonds is 7. The number of carboxylic acids is 1. The van der Waals surface area contributed by atoms with Gasteiger partial charge < -0.3 is 10.4 Å². The van der Waals surface area contributed by atoms with Crippen molar-refractivity contribution in [2.45, 2.75) is 45.6 Å². The largest absolute Gasteiger partial charge is 0.481 e. The Hall–Kier alpha value is -1.39. The summed E-state index contributed by atoms with van der Waals surface area (Å²) in [6.45, 7) is 3.48. The molecule has 0 heterocycles. The first-order chi connectivity index (χ1) is 7.01. The van der Waals surface area contributed by atoms with Crippen LogP contribution in [0.2, 0.25) is 0 Å². The highest BCUT2D eigenvalue weighted by atomic mass is 16.4. The maximum absolute atomic E-state index is 11.2. The van der Waals surface area contributed by atoms with Crippen LogP contribution in [-0.2, 0) is 14.4 Å². The van der Waals surface area contributed by atoms with Gasteiger partial charge in [-0.1, -0.05) is 20.3 Å². The highest BCUT2D eigenvalue weighted by Crippen LogP contribution is 2.02. The quantitative estimate of drug-likeness (QED) is 0.613. The smallest absolute Gasteiger partial charge is 0.305 e. The van der Waals surface area contributed by atoms with E-state index in [1.165, 1.54) is 0 Å². The summed E-state index contributed by atoms with van der Waals surface area (Å²) < 4.78 is 0. The van der Waals surface area contributed by atoms with Crippen molar-refractivity contribution < 1.29 is 19.5 Å². The van der Waals surface area contributed by atoms with E-state index in [0.717, 1.165) is 6.42 Å². The van der Waals surface area contributed by atoms with E-state index >= 15 is 0 Å². The van der Waals surface area contributed by atoms with Crippen LogP contribution in [0.1, 0.15) is 39.5 Å². The average Bonchev–Trinajstić information content (AvgIpc) is 2.15. The van der Waals surface area contributed by atoms with Crippen LogP contribution in [0.15, 0.2) is 0 Å². The van der Waals surface area contributed by atoms with Crippen molar-refractivity contribution in [1.29, 1.82) is 0 Å². The summed E-state index contributed by atoms with van der Waals surface area (Å²) in [6.07, 6.45) is 1.32. The zero-order chi connectivity index (χ0) is 11.8. The third-order valence-electron chi connectivity index (χ3n) is 1.97. The summed E-state index contributed by atoms with van der Waals surface area (Å²) in [6, 6.07) is -0.449. The van der Waals surface area contributed by atoms with E-state index in [0.29, 0.717) is 6.42 Å². The summed E-state index contributed by atoms with van der Waals surface area (Å²) in [5.74, 6) is -2.17. The summed E-state index contributed by atoms with van der Waals surface area (Å²) >= 11 is 0. The molecule has 1 amide bonds. The summed E-state index contributed by atoms with van der Waals surface area (Å²) in [5.41, 5.74) is 0. The Balaban J connectivity index is 4.21. The molecule has 5 heteroatoms. The van der Waals surface area contributed by atoms with E-state index in [4.69, 9.17) is 5.11 Å². The van der Waals surface area contributed by atoms with Gasteiger partial charge in [-0.05, 0) is 6.42 Å². The lowest BCUT2D eigenvalue weighted by molar-refractivity contribution is -0.140. The van der Waals surface area contributed by atoms with Gasteiger partial charge in [-0.3, -0.25) is 14.4 Å². The van der Waals surface area contributed by atoms with Gasteiger partial charge in [0, 0.05) is 12.5 Å². The molecule has 0 rings (SSSR count). The SMILES string of the molecule is CCC[C@@H](CC(=O)O)NC(=O)C(=O)CC. The van der Waals surface area contributed by atoms with E-state index in [2.05, 4.69) is 5.32 Å². The first-order valence-electron chi connectivity index (χ1n) is 5.06. The van der Waals surface area contributed by atoms with Crippen LogP contribution in [0.4, 0.5) is 0 Å². The number of amides is 1. The van der Waals surface area contributed by atoms with Gasteiger partial charge in [-0.2, -0.15) is 0 Å². The molecule has 0 fully saturated rings. The Labute approximate surface area is 88.9 Å². The first kappa shape index (κ1) is 13.6. The molecular formula is C10H17NO4.